The highest BCUT2D eigenvalue weighted by Crippen LogP contribution is 2.28. The Bertz CT molecular complexity index is 1270. The lowest BCUT2D eigenvalue weighted by Gasteiger charge is -2.12. The lowest BCUT2D eigenvalue weighted by Crippen LogP contribution is -2.14. The zero-order valence-electron chi connectivity index (χ0n) is 18.4. The number of hydrogen-bond donors (Lipinski definition) is 2. The third-order valence-corrected chi connectivity index (χ3v) is 5.96. The first-order chi connectivity index (χ1) is 15.9. The van der Waals surface area contributed by atoms with Gasteiger partial charge in [0.1, 0.15) is 5.75 Å². The Morgan fingerprint density at radius 2 is 1.55 bits per heavy atom. The predicted octanol–water partition coefficient (Wildman–Crippen LogP) is 4.17. The van der Waals surface area contributed by atoms with Crippen LogP contribution in [0.25, 0.3) is 6.08 Å². The van der Waals surface area contributed by atoms with Crippen molar-refractivity contribution < 1.29 is 27.4 Å². The van der Waals surface area contributed by atoms with Gasteiger partial charge < -0.3 is 19.5 Å². The fraction of sp³-hybridized carbons (Fsp3) is 0.125. The molecule has 9 heteroatoms. The van der Waals surface area contributed by atoms with Crippen molar-refractivity contribution in [1.29, 1.82) is 0 Å². The molecule has 0 saturated heterocycles. The number of carbonyl (C=O) groups is 1. The van der Waals surface area contributed by atoms with E-state index < -0.39 is 15.9 Å². The molecule has 1 amide bonds. The van der Waals surface area contributed by atoms with Crippen molar-refractivity contribution in [3.05, 3.63) is 78.4 Å². The summed E-state index contributed by atoms with van der Waals surface area (Å²) in [7, 11) is 0.631. The third-order valence-electron chi connectivity index (χ3n) is 4.60. The van der Waals surface area contributed by atoms with Crippen molar-refractivity contribution in [3.8, 4) is 17.2 Å². The van der Waals surface area contributed by atoms with Crippen molar-refractivity contribution in [2.24, 2.45) is 0 Å². The maximum absolute atomic E-state index is 12.8. The summed E-state index contributed by atoms with van der Waals surface area (Å²) in [5.41, 5.74) is 1.38. The molecule has 172 valence electrons. The van der Waals surface area contributed by atoms with E-state index in [0.29, 0.717) is 28.6 Å². The molecule has 0 heterocycles. The van der Waals surface area contributed by atoms with Crippen molar-refractivity contribution in [2.45, 2.75) is 4.90 Å². The van der Waals surface area contributed by atoms with Gasteiger partial charge in [0.15, 0.2) is 11.5 Å². The van der Waals surface area contributed by atoms with Crippen molar-refractivity contribution in [2.75, 3.05) is 31.4 Å². The predicted molar refractivity (Wildman–Crippen MR) is 127 cm³/mol. The van der Waals surface area contributed by atoms with Gasteiger partial charge in [0.05, 0.1) is 31.9 Å². The van der Waals surface area contributed by atoms with E-state index in [-0.39, 0.29) is 4.90 Å². The molecule has 0 saturated carbocycles. The van der Waals surface area contributed by atoms with Crippen LogP contribution in [0.15, 0.2) is 77.7 Å². The Morgan fingerprint density at radius 3 is 2.27 bits per heavy atom. The second-order valence-electron chi connectivity index (χ2n) is 6.77. The van der Waals surface area contributed by atoms with Crippen LogP contribution in [0.5, 0.6) is 17.2 Å². The fourth-order valence-corrected chi connectivity index (χ4v) is 4.10. The Labute approximate surface area is 192 Å². The Kier molecular flexibility index (Phi) is 7.57. The minimum atomic E-state index is -3.90. The van der Waals surface area contributed by atoms with Crippen LogP contribution in [0.4, 0.5) is 11.4 Å². The second kappa shape index (κ2) is 10.6. The molecule has 0 fully saturated rings. The lowest BCUT2D eigenvalue weighted by molar-refractivity contribution is -0.111. The fourth-order valence-electron chi connectivity index (χ4n) is 2.99. The second-order valence-corrected chi connectivity index (χ2v) is 8.45. The zero-order chi connectivity index (χ0) is 23.8. The molecule has 0 bridgehead atoms. The van der Waals surface area contributed by atoms with Crippen LogP contribution >= 0.6 is 0 Å². The van der Waals surface area contributed by atoms with Gasteiger partial charge in [0.2, 0.25) is 5.91 Å². The van der Waals surface area contributed by atoms with Gasteiger partial charge >= 0.3 is 0 Å². The number of nitrogens with one attached hydrogen (secondary N) is 2. The summed E-state index contributed by atoms with van der Waals surface area (Å²) >= 11 is 0. The molecule has 0 atom stereocenters. The number of ether oxygens (including phenoxy) is 3. The number of sulfonamides is 1. The molecule has 0 radical (unpaired) electrons. The van der Waals surface area contributed by atoms with Gasteiger partial charge in [-0.1, -0.05) is 24.3 Å². The minimum absolute atomic E-state index is 0.00456. The molecule has 0 aromatic heterocycles. The summed E-state index contributed by atoms with van der Waals surface area (Å²) in [6.07, 6.45) is 2.95. The average molecular weight is 469 g/mol. The summed E-state index contributed by atoms with van der Waals surface area (Å²) in [5.74, 6) is 1.10. The number of benzene rings is 3. The highest BCUT2D eigenvalue weighted by molar-refractivity contribution is 7.92. The Balaban J connectivity index is 1.73. The molecule has 0 aliphatic rings. The molecule has 2 N–H and O–H groups in total. The number of amides is 1. The highest BCUT2D eigenvalue weighted by atomic mass is 32.2. The third kappa shape index (κ3) is 6.05. The van der Waals surface area contributed by atoms with Crippen LogP contribution in [0.3, 0.4) is 0 Å². The quantitative estimate of drug-likeness (QED) is 0.457. The first-order valence-electron chi connectivity index (χ1n) is 9.83. The van der Waals surface area contributed by atoms with Gasteiger partial charge in [-0.15, -0.1) is 0 Å². The minimum Gasteiger partial charge on any atom is -0.495 e. The Hall–Kier alpha value is -3.98. The lowest BCUT2D eigenvalue weighted by atomic mass is 10.2. The smallest absolute Gasteiger partial charge is 0.262 e. The number of para-hydroxylation sites is 2. The molecule has 0 aliphatic heterocycles. The number of carbonyl (C=O) groups excluding carboxylic acids is 1. The largest absolute Gasteiger partial charge is 0.495 e. The summed E-state index contributed by atoms with van der Waals surface area (Å²) < 4.78 is 43.8. The maximum Gasteiger partial charge on any atom is 0.262 e. The molecule has 3 aromatic carbocycles. The van der Waals surface area contributed by atoms with Gasteiger partial charge in [-0.2, -0.15) is 0 Å². The number of rotatable bonds is 9. The van der Waals surface area contributed by atoms with Crippen LogP contribution in [-0.4, -0.2) is 35.7 Å². The first kappa shape index (κ1) is 23.7. The van der Waals surface area contributed by atoms with Gasteiger partial charge in [-0.25, -0.2) is 8.42 Å². The van der Waals surface area contributed by atoms with Crippen LogP contribution in [0.2, 0.25) is 0 Å². The summed E-state index contributed by atoms with van der Waals surface area (Å²) in [6.45, 7) is 0. The van der Waals surface area contributed by atoms with E-state index in [9.17, 15) is 13.2 Å². The molecule has 33 heavy (non-hydrogen) atoms. The number of hydrogen-bond acceptors (Lipinski definition) is 6. The molecule has 8 nitrogen and oxygen atoms in total. The van der Waals surface area contributed by atoms with E-state index >= 15 is 0 Å². The van der Waals surface area contributed by atoms with E-state index in [2.05, 4.69) is 10.0 Å². The summed E-state index contributed by atoms with van der Waals surface area (Å²) in [6, 6.07) is 17.9. The van der Waals surface area contributed by atoms with Gasteiger partial charge in [0, 0.05) is 11.8 Å². The summed E-state index contributed by atoms with van der Waals surface area (Å²) in [5, 5.41) is 2.66. The average Bonchev–Trinajstić information content (AvgIpc) is 2.82. The monoisotopic (exact) mass is 468 g/mol. The molecular formula is C24H24N2O6S. The van der Waals surface area contributed by atoms with Crippen molar-refractivity contribution in [1.82, 2.24) is 0 Å². The maximum atomic E-state index is 12.8. The number of anilines is 2. The molecule has 0 aliphatic carbocycles. The van der Waals surface area contributed by atoms with Gasteiger partial charge in [0.25, 0.3) is 10.0 Å². The molecule has 3 rings (SSSR count). The molecular weight excluding hydrogens is 444 g/mol. The highest BCUT2D eigenvalue weighted by Gasteiger charge is 2.17. The van der Waals surface area contributed by atoms with E-state index in [1.807, 2.05) is 0 Å². The summed E-state index contributed by atoms with van der Waals surface area (Å²) in [4.78, 5) is 12.4. The zero-order valence-corrected chi connectivity index (χ0v) is 19.2. The van der Waals surface area contributed by atoms with Gasteiger partial charge in [-0.05, 0) is 54.1 Å². The van der Waals surface area contributed by atoms with Crippen LogP contribution < -0.4 is 24.2 Å². The SMILES string of the molecule is COc1ccccc1NS(=O)(=O)c1cccc(NC(=O)/C=C/c2ccc(OC)c(OC)c2)c1. The van der Waals surface area contributed by atoms with Crippen LogP contribution in [-0.2, 0) is 14.8 Å². The molecule has 0 unspecified atom stereocenters. The van der Waals surface area contributed by atoms with Crippen molar-refractivity contribution >= 4 is 33.4 Å². The van der Waals surface area contributed by atoms with Crippen LogP contribution in [0, 0.1) is 0 Å². The van der Waals surface area contributed by atoms with E-state index in [1.165, 1.54) is 32.4 Å². The normalized spacial score (nSPS) is 11.1. The number of methoxy groups -OCH3 is 3. The molecule has 3 aromatic rings. The van der Waals surface area contributed by atoms with Crippen LogP contribution in [0.1, 0.15) is 5.56 Å². The first-order valence-corrected chi connectivity index (χ1v) is 11.3. The topological polar surface area (TPSA) is 103 Å². The van der Waals surface area contributed by atoms with E-state index in [0.717, 1.165) is 5.56 Å². The van der Waals surface area contributed by atoms with E-state index in [4.69, 9.17) is 14.2 Å². The van der Waals surface area contributed by atoms with Gasteiger partial charge in [-0.3, -0.25) is 9.52 Å². The standard InChI is InChI=1S/C24H24N2O6S/c1-30-21-10-5-4-9-20(21)26-33(28,29)19-8-6-7-18(16-19)25-24(27)14-12-17-11-13-22(31-2)23(15-17)32-3/h4-16,26H,1-3H3,(H,25,27)/b14-12+. The Morgan fingerprint density at radius 1 is 0.818 bits per heavy atom. The molecule has 0 spiro atoms. The van der Waals surface area contributed by atoms with Crippen molar-refractivity contribution in [3.63, 3.8) is 0 Å². The van der Waals surface area contributed by atoms with E-state index in [1.54, 1.807) is 67.8 Å².